The van der Waals surface area contributed by atoms with Crippen LogP contribution in [0.5, 0.6) is 0 Å². The Labute approximate surface area is 284 Å². The molecule has 0 spiro atoms. The normalized spacial score (nSPS) is 22.2. The van der Waals surface area contributed by atoms with Gasteiger partial charge in [-0.25, -0.2) is 4.98 Å². The predicted octanol–water partition coefficient (Wildman–Crippen LogP) is 8.53. The first-order valence-electron chi connectivity index (χ1n) is 17.9. The molecule has 0 amide bonds. The minimum Gasteiger partial charge on any atom is -0.384 e. The zero-order valence-electron chi connectivity index (χ0n) is 29.9. The standard InChI is InChI=1S/C37H57N5O3Si2/c1-26(2)33-34(30-20-27-9-10-28(19-27)21-30)40-35-31(29-11-12-32(38-22-29)37(43)13-14-37)23-39-42(35)36(33)41(24-44-15-17-46(3,4)5)25-45-16-18-47(6,7)8/h11-12,22-23,27-28,30,43H,1,9-10,13-21,24-25H2,2-8H3/t27-,28+,30+. The summed E-state index contributed by atoms with van der Waals surface area (Å²) in [6.45, 7) is 23.3. The lowest BCUT2D eigenvalue weighted by Gasteiger charge is -2.33. The maximum absolute atomic E-state index is 10.6. The Morgan fingerprint density at radius 3 is 2.09 bits per heavy atom. The Kier molecular flexibility index (Phi) is 9.90. The van der Waals surface area contributed by atoms with Gasteiger partial charge in [0.2, 0.25) is 0 Å². The van der Waals surface area contributed by atoms with E-state index in [0.29, 0.717) is 19.4 Å². The number of fused-ring (bicyclic) bond motifs is 3. The summed E-state index contributed by atoms with van der Waals surface area (Å²) in [7, 11) is -2.50. The topological polar surface area (TPSA) is 85.0 Å². The summed E-state index contributed by atoms with van der Waals surface area (Å²) in [6.07, 6.45) is 11.7. The molecule has 2 bridgehead atoms. The molecule has 3 heterocycles. The van der Waals surface area contributed by atoms with E-state index in [0.717, 1.165) is 95.1 Å². The van der Waals surface area contributed by atoms with Gasteiger partial charge in [-0.1, -0.05) is 64.8 Å². The van der Waals surface area contributed by atoms with E-state index in [9.17, 15) is 5.11 Å². The van der Waals surface area contributed by atoms with Crippen LogP contribution in [0.1, 0.15) is 74.7 Å². The van der Waals surface area contributed by atoms with Gasteiger partial charge >= 0.3 is 0 Å². The van der Waals surface area contributed by atoms with Crippen LogP contribution in [0, 0.1) is 11.8 Å². The van der Waals surface area contributed by atoms with Crippen LogP contribution in [0.2, 0.25) is 51.4 Å². The van der Waals surface area contributed by atoms with Crippen molar-refractivity contribution in [2.75, 3.05) is 31.6 Å². The average molecular weight is 676 g/mol. The van der Waals surface area contributed by atoms with Crippen molar-refractivity contribution in [1.29, 1.82) is 0 Å². The monoisotopic (exact) mass is 675 g/mol. The third kappa shape index (κ3) is 8.10. The highest BCUT2D eigenvalue weighted by Gasteiger charge is 2.43. The molecule has 3 aliphatic carbocycles. The van der Waals surface area contributed by atoms with Crippen LogP contribution < -0.4 is 4.90 Å². The van der Waals surface area contributed by atoms with Gasteiger partial charge in [0.25, 0.3) is 0 Å². The van der Waals surface area contributed by atoms with Gasteiger partial charge < -0.3 is 19.5 Å². The van der Waals surface area contributed by atoms with Crippen LogP contribution in [0.4, 0.5) is 5.82 Å². The van der Waals surface area contributed by atoms with Crippen LogP contribution in [0.25, 0.3) is 22.3 Å². The van der Waals surface area contributed by atoms with Crippen LogP contribution in [-0.2, 0) is 15.1 Å². The number of rotatable bonds is 15. The van der Waals surface area contributed by atoms with Crippen LogP contribution in [0.3, 0.4) is 0 Å². The molecule has 0 unspecified atom stereocenters. The van der Waals surface area contributed by atoms with Crippen molar-refractivity contribution in [3.8, 4) is 11.1 Å². The number of pyridine rings is 1. The quantitative estimate of drug-likeness (QED) is 0.0982. The molecule has 3 aromatic heterocycles. The summed E-state index contributed by atoms with van der Waals surface area (Å²) in [5.74, 6) is 2.89. The molecule has 0 radical (unpaired) electrons. The number of allylic oxidation sites excluding steroid dienone is 1. The number of anilines is 1. The summed E-state index contributed by atoms with van der Waals surface area (Å²) < 4.78 is 14.9. The fourth-order valence-electron chi connectivity index (χ4n) is 7.40. The lowest BCUT2D eigenvalue weighted by Crippen LogP contribution is -2.34. The van der Waals surface area contributed by atoms with E-state index in [-0.39, 0.29) is 0 Å². The molecule has 1 N–H and O–H groups in total. The fraction of sp³-hybridized carbons (Fsp3) is 0.649. The van der Waals surface area contributed by atoms with Gasteiger partial charge in [-0.05, 0) is 74.6 Å². The van der Waals surface area contributed by atoms with Gasteiger partial charge in [-0.3, -0.25) is 4.98 Å². The third-order valence-corrected chi connectivity index (χ3v) is 13.8. The molecule has 0 aliphatic heterocycles. The van der Waals surface area contributed by atoms with E-state index in [1.165, 1.54) is 32.1 Å². The Balaban J connectivity index is 1.44. The van der Waals surface area contributed by atoms with Crippen molar-refractivity contribution in [2.24, 2.45) is 11.8 Å². The van der Waals surface area contributed by atoms with Gasteiger partial charge in [-0.15, -0.1) is 0 Å². The second-order valence-corrected chi connectivity index (χ2v) is 28.4. The SMILES string of the molecule is C=C(C)c1c([C@H]2C[C@@H]3CC[C@@H](C3)C2)nc2c(-c3ccc(C4(O)CC4)nc3)cnn2c1N(COCC[Si](C)(C)C)COCC[Si](C)(C)C. The molecule has 10 heteroatoms. The number of hydrogen-bond acceptors (Lipinski definition) is 7. The fourth-order valence-corrected chi connectivity index (χ4v) is 8.91. The highest BCUT2D eigenvalue weighted by Crippen LogP contribution is 2.50. The highest BCUT2D eigenvalue weighted by atomic mass is 28.3. The van der Waals surface area contributed by atoms with Crippen LogP contribution in [-0.4, -0.2) is 67.5 Å². The Morgan fingerprint density at radius 2 is 1.57 bits per heavy atom. The Bertz CT molecular complexity index is 1540. The molecule has 0 saturated heterocycles. The first kappa shape index (κ1) is 34.5. The van der Waals surface area contributed by atoms with Crippen LogP contribution >= 0.6 is 0 Å². The van der Waals surface area contributed by atoms with Crippen molar-refractivity contribution in [3.05, 3.63) is 48.1 Å². The molecular formula is C37H57N5O3Si2. The van der Waals surface area contributed by atoms with Gasteiger partial charge in [0.15, 0.2) is 5.65 Å². The van der Waals surface area contributed by atoms with E-state index in [4.69, 9.17) is 19.6 Å². The average Bonchev–Trinajstić information content (AvgIpc) is 3.47. The Morgan fingerprint density at radius 1 is 0.957 bits per heavy atom. The molecular weight excluding hydrogens is 619 g/mol. The minimum atomic E-state index is -1.25. The molecule has 47 heavy (non-hydrogen) atoms. The predicted molar refractivity (Wildman–Crippen MR) is 197 cm³/mol. The number of aromatic nitrogens is 4. The van der Waals surface area contributed by atoms with E-state index in [1.807, 2.05) is 23.0 Å². The summed E-state index contributed by atoms with van der Waals surface area (Å²) in [5, 5.41) is 15.6. The van der Waals surface area contributed by atoms with Crippen molar-refractivity contribution in [3.63, 3.8) is 0 Å². The molecule has 3 saturated carbocycles. The molecule has 3 aliphatic rings. The van der Waals surface area contributed by atoms with Crippen molar-refractivity contribution in [2.45, 2.75) is 115 Å². The lowest BCUT2D eigenvalue weighted by atomic mass is 9.77. The first-order chi connectivity index (χ1) is 22.2. The number of nitrogens with zero attached hydrogens (tertiary/aromatic N) is 5. The maximum Gasteiger partial charge on any atom is 0.165 e. The summed E-state index contributed by atoms with van der Waals surface area (Å²) in [6, 6.07) is 6.23. The van der Waals surface area contributed by atoms with Gasteiger partial charge in [0.05, 0.1) is 17.6 Å². The summed E-state index contributed by atoms with van der Waals surface area (Å²) >= 11 is 0. The summed E-state index contributed by atoms with van der Waals surface area (Å²) in [5.41, 5.74) is 5.93. The molecule has 8 nitrogen and oxygen atoms in total. The molecule has 3 fully saturated rings. The number of ether oxygens (including phenoxy) is 2. The van der Waals surface area contributed by atoms with E-state index < -0.39 is 21.7 Å². The lowest BCUT2D eigenvalue weighted by molar-refractivity contribution is 0.0941. The second kappa shape index (κ2) is 13.5. The molecule has 3 atom stereocenters. The van der Waals surface area contributed by atoms with Gasteiger partial charge in [-0.2, -0.15) is 9.61 Å². The Hall–Kier alpha value is -2.38. The van der Waals surface area contributed by atoms with E-state index in [1.54, 1.807) is 0 Å². The molecule has 6 rings (SSSR count). The van der Waals surface area contributed by atoms with Crippen LogP contribution in [0.15, 0.2) is 31.1 Å². The third-order valence-electron chi connectivity index (χ3n) is 10.4. The van der Waals surface area contributed by atoms with Crippen molar-refractivity contribution >= 4 is 33.2 Å². The zero-order chi connectivity index (χ0) is 33.6. The van der Waals surface area contributed by atoms with E-state index >= 15 is 0 Å². The second-order valence-electron chi connectivity index (χ2n) is 17.2. The smallest absolute Gasteiger partial charge is 0.165 e. The van der Waals surface area contributed by atoms with Gasteiger partial charge in [0, 0.05) is 58.2 Å². The van der Waals surface area contributed by atoms with Gasteiger partial charge in [0.1, 0.15) is 24.9 Å². The van der Waals surface area contributed by atoms with Crippen molar-refractivity contribution in [1.82, 2.24) is 19.6 Å². The maximum atomic E-state index is 10.6. The highest BCUT2D eigenvalue weighted by molar-refractivity contribution is 6.76. The molecule has 256 valence electrons. The number of hydrogen-bond donors (Lipinski definition) is 1. The summed E-state index contributed by atoms with van der Waals surface area (Å²) in [4.78, 5) is 12.4. The molecule has 0 aromatic carbocycles. The zero-order valence-corrected chi connectivity index (χ0v) is 31.9. The van der Waals surface area contributed by atoms with E-state index in [2.05, 4.69) is 68.7 Å². The first-order valence-corrected chi connectivity index (χ1v) is 25.3. The minimum absolute atomic E-state index is 0.381. The van der Waals surface area contributed by atoms with Crippen molar-refractivity contribution < 1.29 is 14.6 Å². The molecule has 3 aromatic rings. The number of aliphatic hydroxyl groups is 1. The largest absolute Gasteiger partial charge is 0.384 e.